The molecule has 5 heteroatoms. The zero-order valence-electron chi connectivity index (χ0n) is 7.98. The molecule has 1 aliphatic heterocycles. The Morgan fingerprint density at radius 1 is 1.57 bits per heavy atom. The van der Waals surface area contributed by atoms with Crippen LogP contribution >= 0.6 is 11.6 Å². The van der Waals surface area contributed by atoms with Crippen LogP contribution < -0.4 is 4.90 Å². The van der Waals surface area contributed by atoms with Crippen molar-refractivity contribution in [3.8, 4) is 0 Å². The van der Waals surface area contributed by atoms with Crippen molar-refractivity contribution in [3.63, 3.8) is 0 Å². The minimum atomic E-state index is 0.391. The van der Waals surface area contributed by atoms with Crippen molar-refractivity contribution in [2.75, 3.05) is 25.2 Å². The largest absolute Gasteiger partial charge is 0.379 e. The Bertz CT molecular complexity index is 315. The molecule has 4 nitrogen and oxygen atoms in total. The smallest absolute Gasteiger partial charge is 0.149 e. The first-order valence-corrected chi connectivity index (χ1v) is 4.93. The second kappa shape index (κ2) is 4.11. The first-order chi connectivity index (χ1) is 6.77. The van der Waals surface area contributed by atoms with Gasteiger partial charge in [0.25, 0.3) is 0 Å². The third kappa shape index (κ3) is 1.96. The van der Waals surface area contributed by atoms with Gasteiger partial charge in [0.05, 0.1) is 25.0 Å². The summed E-state index contributed by atoms with van der Waals surface area (Å²) in [5.74, 6) is 0.799. The molecular weight excluding hydrogens is 202 g/mol. The van der Waals surface area contributed by atoms with Gasteiger partial charge in [0.1, 0.15) is 11.0 Å². The fraction of sp³-hybridized carbons (Fsp3) is 0.556. The molecule has 0 bridgehead atoms. The molecule has 0 radical (unpaired) electrons. The molecule has 0 aromatic carbocycles. The summed E-state index contributed by atoms with van der Waals surface area (Å²) >= 11 is 5.76. The van der Waals surface area contributed by atoms with Gasteiger partial charge < -0.3 is 9.64 Å². The van der Waals surface area contributed by atoms with E-state index in [4.69, 9.17) is 16.3 Å². The Balaban J connectivity index is 2.13. The van der Waals surface area contributed by atoms with Crippen molar-refractivity contribution in [1.82, 2.24) is 9.97 Å². The van der Waals surface area contributed by atoms with Crippen LogP contribution in [0.4, 0.5) is 5.82 Å². The van der Waals surface area contributed by atoms with Gasteiger partial charge in [-0.2, -0.15) is 0 Å². The summed E-state index contributed by atoms with van der Waals surface area (Å²) in [4.78, 5) is 10.3. The van der Waals surface area contributed by atoms with E-state index in [0.29, 0.717) is 11.2 Å². The Kier molecular flexibility index (Phi) is 2.84. The Labute approximate surface area is 87.9 Å². The number of ether oxygens (including phenoxy) is 1. The summed E-state index contributed by atoms with van der Waals surface area (Å²) < 4.78 is 5.31. The van der Waals surface area contributed by atoms with E-state index in [9.17, 15) is 0 Å². The number of halogens is 1. The molecule has 0 amide bonds. The zero-order chi connectivity index (χ0) is 9.97. The topological polar surface area (TPSA) is 38.2 Å². The predicted molar refractivity (Wildman–Crippen MR) is 54.7 cm³/mol. The molecule has 1 aromatic heterocycles. The maximum atomic E-state index is 5.76. The molecule has 1 aromatic rings. The molecule has 1 unspecified atom stereocenters. The third-order valence-corrected chi connectivity index (χ3v) is 2.59. The number of anilines is 1. The van der Waals surface area contributed by atoms with Gasteiger partial charge in [0, 0.05) is 13.7 Å². The fourth-order valence-corrected chi connectivity index (χ4v) is 1.66. The van der Waals surface area contributed by atoms with E-state index in [2.05, 4.69) is 14.9 Å². The molecular formula is C9H12ClN3O. The number of likely N-dealkylation sites (N-methyl/N-ethyl adjacent to an activating group) is 1. The second-order valence-electron chi connectivity index (χ2n) is 3.33. The van der Waals surface area contributed by atoms with Crippen LogP contribution in [0.5, 0.6) is 0 Å². The molecule has 2 rings (SSSR count). The molecule has 2 heterocycles. The highest BCUT2D eigenvalue weighted by atomic mass is 35.5. The van der Waals surface area contributed by atoms with Gasteiger partial charge in [-0.1, -0.05) is 11.6 Å². The van der Waals surface area contributed by atoms with E-state index in [-0.39, 0.29) is 0 Å². The normalized spacial score (nSPS) is 21.1. The summed E-state index contributed by atoms with van der Waals surface area (Å²) in [6.07, 6.45) is 4.28. The fourth-order valence-electron chi connectivity index (χ4n) is 1.52. The van der Waals surface area contributed by atoms with Crippen LogP contribution in [0.2, 0.25) is 5.15 Å². The SMILES string of the molecule is CN(c1cncc(Cl)n1)C1CCOC1. The lowest BCUT2D eigenvalue weighted by Gasteiger charge is -2.23. The lowest BCUT2D eigenvalue weighted by molar-refractivity contribution is 0.193. The van der Waals surface area contributed by atoms with E-state index < -0.39 is 0 Å². The lowest BCUT2D eigenvalue weighted by Crippen LogP contribution is -2.32. The molecule has 0 saturated carbocycles. The summed E-state index contributed by atoms with van der Waals surface area (Å²) in [5, 5.41) is 0.424. The van der Waals surface area contributed by atoms with Crippen LogP contribution in [-0.2, 0) is 4.74 Å². The number of nitrogens with zero attached hydrogens (tertiary/aromatic N) is 3. The summed E-state index contributed by atoms with van der Waals surface area (Å²) in [5.41, 5.74) is 0. The van der Waals surface area contributed by atoms with Gasteiger partial charge in [-0.05, 0) is 6.42 Å². The molecule has 76 valence electrons. The number of rotatable bonds is 2. The molecule has 1 atom stereocenters. The van der Waals surface area contributed by atoms with Crippen molar-refractivity contribution >= 4 is 17.4 Å². The average molecular weight is 214 g/mol. The summed E-state index contributed by atoms with van der Waals surface area (Å²) in [6, 6.07) is 0.391. The highest BCUT2D eigenvalue weighted by Gasteiger charge is 2.21. The van der Waals surface area contributed by atoms with Crippen LogP contribution in [-0.4, -0.2) is 36.3 Å². The van der Waals surface area contributed by atoms with Gasteiger partial charge in [0.15, 0.2) is 0 Å². The van der Waals surface area contributed by atoms with E-state index in [1.165, 1.54) is 6.20 Å². The molecule has 1 aliphatic rings. The van der Waals surface area contributed by atoms with E-state index in [1.807, 2.05) is 7.05 Å². The monoisotopic (exact) mass is 213 g/mol. The van der Waals surface area contributed by atoms with Crippen LogP contribution in [0.25, 0.3) is 0 Å². The molecule has 1 saturated heterocycles. The van der Waals surface area contributed by atoms with Crippen LogP contribution in [0.3, 0.4) is 0 Å². The van der Waals surface area contributed by atoms with Crippen molar-refractivity contribution in [2.24, 2.45) is 0 Å². The third-order valence-electron chi connectivity index (χ3n) is 2.41. The lowest BCUT2D eigenvalue weighted by atomic mass is 10.2. The molecule has 0 aliphatic carbocycles. The standard InChI is InChI=1S/C9H12ClN3O/c1-13(7-2-3-14-6-7)9-5-11-4-8(10)12-9/h4-5,7H,2-3,6H2,1H3. The molecule has 14 heavy (non-hydrogen) atoms. The average Bonchev–Trinajstić information content (AvgIpc) is 2.69. The number of hydrogen-bond donors (Lipinski definition) is 0. The molecule has 0 N–H and O–H groups in total. The van der Waals surface area contributed by atoms with Crippen molar-refractivity contribution < 1.29 is 4.74 Å². The first-order valence-electron chi connectivity index (χ1n) is 4.55. The Hall–Kier alpha value is -0.870. The number of hydrogen-bond acceptors (Lipinski definition) is 4. The minimum absolute atomic E-state index is 0.391. The quantitative estimate of drug-likeness (QED) is 0.744. The highest BCUT2D eigenvalue weighted by Crippen LogP contribution is 2.18. The second-order valence-corrected chi connectivity index (χ2v) is 3.72. The Morgan fingerprint density at radius 2 is 2.43 bits per heavy atom. The maximum Gasteiger partial charge on any atom is 0.149 e. The summed E-state index contributed by atoms with van der Waals surface area (Å²) in [6.45, 7) is 1.58. The molecule has 1 fully saturated rings. The van der Waals surface area contributed by atoms with Crippen molar-refractivity contribution in [1.29, 1.82) is 0 Å². The van der Waals surface area contributed by atoms with Gasteiger partial charge in [-0.15, -0.1) is 0 Å². The van der Waals surface area contributed by atoms with Crippen LogP contribution in [0.1, 0.15) is 6.42 Å². The Morgan fingerprint density at radius 3 is 3.07 bits per heavy atom. The van der Waals surface area contributed by atoms with Gasteiger partial charge in [-0.25, -0.2) is 4.98 Å². The number of aromatic nitrogens is 2. The van der Waals surface area contributed by atoms with Crippen LogP contribution in [0.15, 0.2) is 12.4 Å². The summed E-state index contributed by atoms with van der Waals surface area (Å²) in [7, 11) is 1.99. The van der Waals surface area contributed by atoms with E-state index in [0.717, 1.165) is 25.5 Å². The van der Waals surface area contributed by atoms with Crippen molar-refractivity contribution in [3.05, 3.63) is 17.5 Å². The highest BCUT2D eigenvalue weighted by molar-refractivity contribution is 6.29. The minimum Gasteiger partial charge on any atom is -0.379 e. The van der Waals surface area contributed by atoms with Crippen molar-refractivity contribution in [2.45, 2.75) is 12.5 Å². The first kappa shape index (κ1) is 9.68. The van der Waals surface area contributed by atoms with Gasteiger partial charge in [0.2, 0.25) is 0 Å². The van der Waals surface area contributed by atoms with Gasteiger partial charge >= 0.3 is 0 Å². The maximum absolute atomic E-state index is 5.76. The zero-order valence-corrected chi connectivity index (χ0v) is 8.74. The van der Waals surface area contributed by atoms with Crippen LogP contribution in [0, 0.1) is 0 Å². The molecule has 0 spiro atoms. The van der Waals surface area contributed by atoms with Gasteiger partial charge in [-0.3, -0.25) is 4.98 Å². The predicted octanol–water partition coefficient (Wildman–Crippen LogP) is 1.36. The van der Waals surface area contributed by atoms with E-state index >= 15 is 0 Å². The van der Waals surface area contributed by atoms with E-state index in [1.54, 1.807) is 6.20 Å².